The van der Waals surface area contributed by atoms with Gasteiger partial charge in [0, 0.05) is 29.7 Å². The third-order valence-electron chi connectivity index (χ3n) is 4.59. The number of fused-ring (bicyclic) bond motifs is 1. The van der Waals surface area contributed by atoms with Crippen molar-refractivity contribution in [3.63, 3.8) is 0 Å². The highest BCUT2D eigenvalue weighted by Gasteiger charge is 2.27. The Morgan fingerprint density at radius 1 is 1.26 bits per heavy atom. The van der Waals surface area contributed by atoms with Gasteiger partial charge in [0.2, 0.25) is 0 Å². The van der Waals surface area contributed by atoms with E-state index in [9.17, 15) is 19.7 Å². The minimum Gasteiger partial charge on any atom is -0.463 e. The van der Waals surface area contributed by atoms with Crippen molar-refractivity contribution in [2.24, 2.45) is 15.8 Å². The van der Waals surface area contributed by atoms with Crippen LogP contribution >= 0.6 is 11.8 Å². The van der Waals surface area contributed by atoms with E-state index in [2.05, 4.69) is 9.98 Å². The van der Waals surface area contributed by atoms with E-state index in [0.29, 0.717) is 17.9 Å². The fourth-order valence-corrected chi connectivity index (χ4v) is 3.84. The molecule has 1 N–H and O–H groups in total. The number of methoxy groups -OCH3 is 1. The Kier molecular flexibility index (Phi) is 9.02. The summed E-state index contributed by atoms with van der Waals surface area (Å²) in [6.07, 6.45) is 0.938. The first kappa shape index (κ1) is 27.5. The van der Waals surface area contributed by atoms with Crippen LogP contribution in [0, 0.1) is 20.9 Å². The molecule has 10 heteroatoms. The van der Waals surface area contributed by atoms with Crippen LogP contribution in [0.25, 0.3) is 10.9 Å². The Bertz CT molecular complexity index is 1080. The molecule has 1 aromatic heterocycles. The second kappa shape index (κ2) is 11.1. The van der Waals surface area contributed by atoms with Crippen molar-refractivity contribution >= 4 is 45.7 Å². The number of hydrogen-bond donors (Lipinski definition) is 1. The number of carbonyl (C=O) groups is 2. The van der Waals surface area contributed by atoms with Gasteiger partial charge in [0.05, 0.1) is 28.7 Å². The second-order valence-corrected chi connectivity index (χ2v) is 11.2. The molecule has 0 saturated heterocycles. The number of nitro benzene ring substituents is 1. The summed E-state index contributed by atoms with van der Waals surface area (Å²) < 4.78 is 10.5. The average molecular weight is 492 g/mol. The van der Waals surface area contributed by atoms with Gasteiger partial charge in [-0.25, -0.2) is 0 Å². The number of aldehydes is 1. The number of aliphatic imine (C=N–C) groups is 1. The molecule has 1 aliphatic rings. The highest BCUT2D eigenvalue weighted by molar-refractivity contribution is 8.14. The molecule has 9 nitrogen and oxygen atoms in total. The summed E-state index contributed by atoms with van der Waals surface area (Å²) in [7, 11) is 1.55. The molecule has 0 aliphatic carbocycles. The van der Waals surface area contributed by atoms with E-state index in [4.69, 9.17) is 9.47 Å². The van der Waals surface area contributed by atoms with Gasteiger partial charge < -0.3 is 19.3 Å². The van der Waals surface area contributed by atoms with Crippen molar-refractivity contribution in [2.75, 3.05) is 19.5 Å². The number of thioether (sulfide) groups is 1. The maximum Gasteiger partial charge on any atom is 0.311 e. The molecule has 0 saturated carbocycles. The van der Waals surface area contributed by atoms with Crippen molar-refractivity contribution in [2.45, 2.75) is 54.2 Å². The normalized spacial score (nSPS) is 16.0. The largest absolute Gasteiger partial charge is 0.463 e. The number of nitro groups is 1. The van der Waals surface area contributed by atoms with Crippen LogP contribution in [-0.2, 0) is 25.7 Å². The zero-order valence-electron chi connectivity index (χ0n) is 20.8. The Morgan fingerprint density at radius 3 is 2.44 bits per heavy atom. The van der Waals surface area contributed by atoms with Crippen LogP contribution in [0.1, 0.15) is 52.8 Å². The van der Waals surface area contributed by atoms with E-state index in [1.165, 1.54) is 17.8 Å². The molecule has 0 bridgehead atoms. The monoisotopic (exact) mass is 491 g/mol. The molecule has 2 heterocycles. The summed E-state index contributed by atoms with van der Waals surface area (Å²) in [5.41, 5.74) is 1.25. The second-order valence-electron chi connectivity index (χ2n) is 10.2. The minimum absolute atomic E-state index is 0.00931. The summed E-state index contributed by atoms with van der Waals surface area (Å²) in [5.74, 6) is 0.437. The number of non-ortho nitro benzene ring substituents is 1. The number of H-pyrrole nitrogens is 1. The van der Waals surface area contributed by atoms with Crippen LogP contribution in [0.3, 0.4) is 0 Å². The molecule has 0 spiro atoms. The van der Waals surface area contributed by atoms with Crippen molar-refractivity contribution in [1.82, 2.24) is 4.98 Å². The van der Waals surface area contributed by atoms with E-state index in [1.807, 2.05) is 53.7 Å². The number of nitrogens with zero attached hydrogens (tertiary/aromatic N) is 2. The number of benzene rings is 1. The molecule has 0 fully saturated rings. The maximum atomic E-state index is 11.9. The van der Waals surface area contributed by atoms with E-state index >= 15 is 0 Å². The quantitative estimate of drug-likeness (QED) is 0.264. The zero-order chi connectivity index (χ0) is 25.7. The number of esters is 1. The van der Waals surface area contributed by atoms with E-state index < -0.39 is 10.3 Å². The SMILES string of the molecule is CC(C)(C)C=O.COCc1cc([N+](=O)[O-])c2[nH]c(C3=NC(COC(=O)C(C)(C)C)CS3)cc2c1. The van der Waals surface area contributed by atoms with Crippen LogP contribution in [-0.4, -0.2) is 52.7 Å². The molecular formula is C24H33N3O6S. The molecule has 34 heavy (non-hydrogen) atoms. The Hall–Kier alpha value is -2.72. The minimum atomic E-state index is -0.547. The summed E-state index contributed by atoms with van der Waals surface area (Å²) in [5, 5.41) is 12.9. The number of aromatic amines is 1. The highest BCUT2D eigenvalue weighted by Crippen LogP contribution is 2.31. The van der Waals surface area contributed by atoms with E-state index in [1.54, 1.807) is 7.11 Å². The van der Waals surface area contributed by atoms with Gasteiger partial charge in [-0.1, -0.05) is 20.8 Å². The number of ether oxygens (including phenoxy) is 2. The molecule has 1 aliphatic heterocycles. The molecule has 1 aromatic carbocycles. The number of carbonyl (C=O) groups excluding carboxylic acids is 2. The van der Waals surface area contributed by atoms with Crippen molar-refractivity contribution in [1.29, 1.82) is 0 Å². The Morgan fingerprint density at radius 2 is 1.91 bits per heavy atom. The third-order valence-corrected chi connectivity index (χ3v) is 5.74. The molecule has 1 atom stereocenters. The van der Waals surface area contributed by atoms with Gasteiger partial charge in [0.15, 0.2) is 0 Å². The molecule has 2 aromatic rings. The molecule has 0 amide bonds. The van der Waals surface area contributed by atoms with Gasteiger partial charge in [-0.2, -0.15) is 0 Å². The number of nitrogens with one attached hydrogen (secondary N) is 1. The lowest BCUT2D eigenvalue weighted by Gasteiger charge is -2.17. The number of rotatable bonds is 6. The molecule has 1 unspecified atom stereocenters. The average Bonchev–Trinajstić information content (AvgIpc) is 3.37. The number of hydrogen-bond acceptors (Lipinski definition) is 8. The Balaban J connectivity index is 0.000000604. The van der Waals surface area contributed by atoms with Gasteiger partial charge >= 0.3 is 5.97 Å². The van der Waals surface area contributed by atoms with Gasteiger partial charge in [-0.05, 0) is 38.5 Å². The molecular weight excluding hydrogens is 458 g/mol. The molecule has 3 rings (SSSR count). The van der Waals surface area contributed by atoms with Crippen molar-refractivity contribution in [3.8, 4) is 0 Å². The predicted molar refractivity (Wildman–Crippen MR) is 134 cm³/mol. The summed E-state index contributed by atoms with van der Waals surface area (Å²) in [6.45, 7) is 11.6. The molecule has 0 radical (unpaired) electrons. The van der Waals surface area contributed by atoms with E-state index in [-0.39, 0.29) is 29.7 Å². The standard InChI is InChI=1S/C19H23N3O5S.C5H10O/c1-19(2,3)18(23)27-9-13-10-28-17(20-13)14-7-12-5-11(8-26-4)6-15(22(24)25)16(12)21-14;1-5(2,3)4-6/h5-7,13,21H,8-10H2,1-4H3;4H,1-3H3. The highest BCUT2D eigenvalue weighted by atomic mass is 32.2. The summed E-state index contributed by atoms with van der Waals surface area (Å²) in [6, 6.07) is 5.12. The zero-order valence-corrected chi connectivity index (χ0v) is 21.6. The first-order valence-corrected chi connectivity index (χ1v) is 11.9. The summed E-state index contributed by atoms with van der Waals surface area (Å²) in [4.78, 5) is 40.5. The van der Waals surface area contributed by atoms with Crippen LogP contribution in [0.5, 0.6) is 0 Å². The third kappa shape index (κ3) is 7.66. The first-order valence-electron chi connectivity index (χ1n) is 10.9. The van der Waals surface area contributed by atoms with Gasteiger partial charge in [-0.15, -0.1) is 11.8 Å². The fraction of sp³-hybridized carbons (Fsp3) is 0.542. The van der Waals surface area contributed by atoms with Crippen LogP contribution in [0.2, 0.25) is 0 Å². The number of aromatic nitrogens is 1. The van der Waals surface area contributed by atoms with Crippen molar-refractivity contribution < 1.29 is 24.0 Å². The van der Waals surface area contributed by atoms with Crippen LogP contribution in [0.4, 0.5) is 5.69 Å². The molecule has 186 valence electrons. The lowest BCUT2D eigenvalue weighted by atomic mass is 9.97. The Labute approximate surface area is 203 Å². The van der Waals surface area contributed by atoms with Crippen LogP contribution < -0.4 is 0 Å². The topological polar surface area (TPSA) is 124 Å². The van der Waals surface area contributed by atoms with Gasteiger partial charge in [-0.3, -0.25) is 19.9 Å². The van der Waals surface area contributed by atoms with Gasteiger partial charge in [0.25, 0.3) is 5.69 Å². The van der Waals surface area contributed by atoms with E-state index in [0.717, 1.165) is 28.0 Å². The maximum absolute atomic E-state index is 11.9. The lowest BCUT2D eigenvalue weighted by Crippen LogP contribution is -2.26. The fourth-order valence-electron chi connectivity index (χ4n) is 2.83. The smallest absolute Gasteiger partial charge is 0.311 e. The summed E-state index contributed by atoms with van der Waals surface area (Å²) >= 11 is 1.54. The van der Waals surface area contributed by atoms with Crippen molar-refractivity contribution in [3.05, 3.63) is 39.6 Å². The lowest BCUT2D eigenvalue weighted by molar-refractivity contribution is -0.383. The predicted octanol–water partition coefficient (Wildman–Crippen LogP) is 4.91. The van der Waals surface area contributed by atoms with Gasteiger partial charge in [0.1, 0.15) is 23.5 Å². The first-order chi connectivity index (χ1) is 15.7. The van der Waals surface area contributed by atoms with Crippen LogP contribution in [0.15, 0.2) is 23.2 Å².